The molecule has 0 aliphatic rings. The number of nitrogens with zero attached hydrogens (tertiary/aromatic N) is 2. The Kier molecular flexibility index (Phi) is 7.64. The van der Waals surface area contributed by atoms with E-state index in [0.717, 1.165) is 15.2 Å². The minimum absolute atomic E-state index is 0.127. The Morgan fingerprint density at radius 2 is 1.90 bits per heavy atom. The number of carbonyl (C=O) groups excluding carboxylic acids is 1. The van der Waals surface area contributed by atoms with Crippen molar-refractivity contribution in [1.82, 2.24) is 9.29 Å². The van der Waals surface area contributed by atoms with Gasteiger partial charge < -0.3 is 10.1 Å². The lowest BCUT2D eigenvalue weighted by molar-refractivity contribution is -0.116. The first kappa shape index (κ1) is 23.2. The average Bonchev–Trinajstić information content (AvgIpc) is 3.17. The lowest BCUT2D eigenvalue weighted by Crippen LogP contribution is -2.30. The summed E-state index contributed by atoms with van der Waals surface area (Å²) in [5.41, 5.74) is 1.32. The van der Waals surface area contributed by atoms with Gasteiger partial charge in [-0.1, -0.05) is 26.0 Å². The maximum Gasteiger partial charge on any atom is 0.243 e. The van der Waals surface area contributed by atoms with Gasteiger partial charge in [0.2, 0.25) is 15.9 Å². The van der Waals surface area contributed by atoms with Gasteiger partial charge in [-0.05, 0) is 43.2 Å². The van der Waals surface area contributed by atoms with E-state index in [0.29, 0.717) is 43.8 Å². The number of aryl methyl sites for hydroxylation is 1. The van der Waals surface area contributed by atoms with E-state index in [4.69, 9.17) is 4.74 Å². The second kappa shape index (κ2) is 10.2. The second-order valence-electron chi connectivity index (χ2n) is 6.93. The molecular formula is C22H27N3O4S2. The smallest absolute Gasteiger partial charge is 0.243 e. The number of fused-ring (bicyclic) bond motifs is 1. The Morgan fingerprint density at radius 1 is 1.16 bits per heavy atom. The highest BCUT2D eigenvalue weighted by Crippen LogP contribution is 2.29. The zero-order valence-electron chi connectivity index (χ0n) is 17.9. The lowest BCUT2D eigenvalue weighted by Gasteiger charge is -2.19. The van der Waals surface area contributed by atoms with Crippen molar-refractivity contribution in [3.63, 3.8) is 0 Å². The maximum absolute atomic E-state index is 12.8. The van der Waals surface area contributed by atoms with Crippen molar-refractivity contribution in [3.8, 4) is 5.75 Å². The van der Waals surface area contributed by atoms with Gasteiger partial charge in [-0.15, -0.1) is 11.3 Å². The summed E-state index contributed by atoms with van der Waals surface area (Å²) < 4.78 is 33.4. The Morgan fingerprint density at radius 3 is 2.58 bits per heavy atom. The van der Waals surface area contributed by atoms with E-state index in [-0.39, 0.29) is 10.8 Å². The van der Waals surface area contributed by atoms with Crippen molar-refractivity contribution >= 4 is 43.2 Å². The molecule has 0 aliphatic carbocycles. The van der Waals surface area contributed by atoms with Crippen molar-refractivity contribution in [3.05, 3.63) is 47.5 Å². The predicted molar refractivity (Wildman–Crippen MR) is 124 cm³/mol. The van der Waals surface area contributed by atoms with Crippen molar-refractivity contribution < 1.29 is 17.9 Å². The van der Waals surface area contributed by atoms with Crippen LogP contribution in [0.5, 0.6) is 5.75 Å². The highest BCUT2D eigenvalue weighted by molar-refractivity contribution is 7.89. The molecule has 0 atom stereocenters. The molecule has 0 fully saturated rings. The van der Waals surface area contributed by atoms with Gasteiger partial charge >= 0.3 is 0 Å². The zero-order valence-corrected chi connectivity index (χ0v) is 19.6. The van der Waals surface area contributed by atoms with E-state index in [1.54, 1.807) is 31.3 Å². The summed E-state index contributed by atoms with van der Waals surface area (Å²) in [5, 5.41) is 3.80. The molecule has 0 radical (unpaired) electrons. The highest BCUT2D eigenvalue weighted by Gasteiger charge is 2.23. The number of rotatable bonds is 10. The van der Waals surface area contributed by atoms with Gasteiger partial charge in [0.1, 0.15) is 5.75 Å². The van der Waals surface area contributed by atoms with Crippen molar-refractivity contribution in [2.45, 2.75) is 38.0 Å². The first-order valence-corrected chi connectivity index (χ1v) is 12.5. The van der Waals surface area contributed by atoms with Crippen LogP contribution >= 0.6 is 11.3 Å². The van der Waals surface area contributed by atoms with Gasteiger partial charge in [-0.3, -0.25) is 4.79 Å². The molecule has 0 saturated carbocycles. The number of para-hydroxylation sites is 1. The molecule has 1 aromatic heterocycles. The molecule has 1 N–H and O–H groups in total. The normalized spacial score (nSPS) is 11.7. The van der Waals surface area contributed by atoms with E-state index < -0.39 is 10.0 Å². The van der Waals surface area contributed by atoms with E-state index >= 15 is 0 Å². The summed E-state index contributed by atoms with van der Waals surface area (Å²) in [6, 6.07) is 12.5. The van der Waals surface area contributed by atoms with Gasteiger partial charge in [0.15, 0.2) is 0 Å². The molecule has 0 aliphatic heterocycles. The van der Waals surface area contributed by atoms with Gasteiger partial charge in [0, 0.05) is 19.5 Å². The molecule has 7 nitrogen and oxygen atoms in total. The second-order valence-corrected chi connectivity index (χ2v) is 9.98. The quantitative estimate of drug-likeness (QED) is 0.486. The van der Waals surface area contributed by atoms with E-state index in [2.05, 4.69) is 10.3 Å². The van der Waals surface area contributed by atoms with Crippen LogP contribution in [0.15, 0.2) is 47.4 Å². The molecular weight excluding hydrogens is 434 g/mol. The molecule has 31 heavy (non-hydrogen) atoms. The van der Waals surface area contributed by atoms with Crippen molar-refractivity contribution in [2.24, 2.45) is 0 Å². The number of hydrogen-bond donors (Lipinski definition) is 1. The summed E-state index contributed by atoms with van der Waals surface area (Å²) in [6.45, 7) is 4.33. The molecule has 1 amide bonds. The molecule has 3 aromatic rings. The number of sulfonamides is 1. The van der Waals surface area contributed by atoms with E-state index in [1.165, 1.54) is 23.5 Å². The number of methoxy groups -OCH3 is 1. The first-order chi connectivity index (χ1) is 14.9. The number of nitrogens with one attached hydrogen (secondary N) is 1. The van der Waals surface area contributed by atoms with Crippen LogP contribution in [-0.2, 0) is 21.2 Å². The summed E-state index contributed by atoms with van der Waals surface area (Å²) in [6.07, 6.45) is 1.65. The minimum atomic E-state index is -3.63. The largest absolute Gasteiger partial charge is 0.495 e. The minimum Gasteiger partial charge on any atom is -0.495 e. The van der Waals surface area contributed by atoms with Gasteiger partial charge in [0.05, 0.1) is 32.9 Å². The summed E-state index contributed by atoms with van der Waals surface area (Å²) in [4.78, 5) is 17.2. The van der Waals surface area contributed by atoms with Gasteiger partial charge in [-0.25, -0.2) is 13.4 Å². The van der Waals surface area contributed by atoms with Crippen LogP contribution in [0.2, 0.25) is 0 Å². The number of carbonyl (C=O) groups is 1. The van der Waals surface area contributed by atoms with Gasteiger partial charge in [-0.2, -0.15) is 4.31 Å². The van der Waals surface area contributed by atoms with Crippen LogP contribution in [0.25, 0.3) is 10.2 Å². The summed E-state index contributed by atoms with van der Waals surface area (Å²) in [5.74, 6) is 0.217. The Bertz CT molecular complexity index is 1120. The van der Waals surface area contributed by atoms with Crippen LogP contribution in [0.3, 0.4) is 0 Å². The van der Waals surface area contributed by atoms with Gasteiger partial charge in [0.25, 0.3) is 0 Å². The van der Waals surface area contributed by atoms with Crippen LogP contribution < -0.4 is 10.1 Å². The zero-order chi connectivity index (χ0) is 22.4. The number of benzene rings is 2. The Labute approximate surface area is 187 Å². The summed E-state index contributed by atoms with van der Waals surface area (Å²) >= 11 is 1.64. The topological polar surface area (TPSA) is 88.6 Å². The number of hydrogen-bond acceptors (Lipinski definition) is 6. The van der Waals surface area contributed by atoms with Crippen LogP contribution in [-0.4, -0.2) is 43.8 Å². The molecule has 1 heterocycles. The Balaban J connectivity index is 1.66. The lowest BCUT2D eigenvalue weighted by atomic mass is 10.2. The molecule has 0 unspecified atom stereocenters. The third kappa shape index (κ3) is 5.41. The third-order valence-corrected chi connectivity index (χ3v) is 8.06. The molecule has 166 valence electrons. The van der Waals surface area contributed by atoms with Crippen LogP contribution in [0, 0.1) is 0 Å². The number of aromatic nitrogens is 1. The molecule has 3 rings (SSSR count). The fraction of sp³-hybridized carbons (Fsp3) is 0.364. The van der Waals surface area contributed by atoms with Crippen molar-refractivity contribution in [1.29, 1.82) is 0 Å². The number of amides is 1. The average molecular weight is 462 g/mol. The molecule has 9 heteroatoms. The SMILES string of the molecule is CCN(CC)S(=O)(=O)c1ccc(OC)c(NC(=O)CCCc2nc3ccccc3s2)c1. The highest BCUT2D eigenvalue weighted by atomic mass is 32.2. The summed E-state index contributed by atoms with van der Waals surface area (Å²) in [7, 11) is -2.15. The third-order valence-electron chi connectivity index (χ3n) is 4.92. The number of ether oxygens (including phenoxy) is 1. The number of anilines is 1. The first-order valence-electron chi connectivity index (χ1n) is 10.2. The standard InChI is InChI=1S/C22H27N3O4S2/c1-4-25(5-2)31(27,28)16-13-14-19(29-3)18(15-16)23-21(26)11-8-12-22-24-17-9-6-7-10-20(17)30-22/h6-7,9-10,13-15H,4-5,8,11-12H2,1-3H3,(H,23,26). The Hall–Kier alpha value is -2.49. The molecule has 0 bridgehead atoms. The van der Waals surface area contributed by atoms with E-state index in [1.807, 2.05) is 24.3 Å². The monoisotopic (exact) mass is 461 g/mol. The van der Waals surface area contributed by atoms with Crippen molar-refractivity contribution in [2.75, 3.05) is 25.5 Å². The number of thiazole rings is 1. The van der Waals surface area contributed by atoms with Crippen LogP contribution in [0.4, 0.5) is 5.69 Å². The van der Waals surface area contributed by atoms with Crippen LogP contribution in [0.1, 0.15) is 31.7 Å². The predicted octanol–water partition coefficient (Wildman–Crippen LogP) is 4.30. The maximum atomic E-state index is 12.8. The molecule has 0 spiro atoms. The van der Waals surface area contributed by atoms with E-state index in [9.17, 15) is 13.2 Å². The fourth-order valence-corrected chi connectivity index (χ4v) is 5.79. The fourth-order valence-electron chi connectivity index (χ4n) is 3.30. The molecule has 0 saturated heterocycles. The molecule has 2 aromatic carbocycles.